The summed E-state index contributed by atoms with van der Waals surface area (Å²) >= 11 is 0. The van der Waals surface area contributed by atoms with E-state index in [9.17, 15) is 14.4 Å². The molecule has 2 atom stereocenters. The molecule has 5 N–H and O–H groups in total. The number of carbonyl (C=O) groups excluding carboxylic acids is 2. The zero-order chi connectivity index (χ0) is 16.7. The maximum absolute atomic E-state index is 12.5. The van der Waals surface area contributed by atoms with Gasteiger partial charge >= 0.3 is 12.0 Å². The Labute approximate surface area is 126 Å². The Balaban J connectivity index is 2.38. The molecule has 1 unspecified atom stereocenters. The highest BCUT2D eigenvalue weighted by atomic mass is 16.4. The molecule has 1 aromatic carbocycles. The first-order valence-corrected chi connectivity index (χ1v) is 6.52. The zero-order valence-corrected chi connectivity index (χ0v) is 12.1. The molecule has 0 spiro atoms. The molecule has 0 radical (unpaired) electrons. The molecule has 8 nitrogen and oxygen atoms in total. The lowest BCUT2D eigenvalue weighted by molar-refractivity contribution is -0.147. The van der Waals surface area contributed by atoms with Crippen molar-refractivity contribution in [2.75, 3.05) is 0 Å². The minimum Gasteiger partial charge on any atom is -0.480 e. The number of hydrogen-bond donors (Lipinski definition) is 4. The number of benzene rings is 1. The molecule has 0 saturated carbocycles. The van der Waals surface area contributed by atoms with Gasteiger partial charge in [-0.15, -0.1) is 0 Å². The minimum absolute atomic E-state index is 0.111. The average molecular weight is 304 g/mol. The molecule has 1 fully saturated rings. The number of rotatable bonds is 4. The van der Waals surface area contributed by atoms with Crippen molar-refractivity contribution in [2.45, 2.75) is 25.4 Å². The van der Waals surface area contributed by atoms with Crippen LogP contribution < -0.4 is 11.1 Å². The van der Waals surface area contributed by atoms with Gasteiger partial charge in [0, 0.05) is 5.56 Å². The van der Waals surface area contributed by atoms with Gasteiger partial charge in [-0.2, -0.15) is 0 Å². The second-order valence-corrected chi connectivity index (χ2v) is 5.24. The molecule has 0 bridgehead atoms. The quantitative estimate of drug-likeness (QED) is 0.358. The van der Waals surface area contributed by atoms with Gasteiger partial charge in [0.1, 0.15) is 17.4 Å². The van der Waals surface area contributed by atoms with Crippen LogP contribution >= 0.6 is 0 Å². The first-order chi connectivity index (χ1) is 10.2. The third-order valence-electron chi connectivity index (χ3n) is 3.74. The van der Waals surface area contributed by atoms with Gasteiger partial charge in [0.05, 0.1) is 0 Å². The maximum Gasteiger partial charge on any atom is 0.326 e. The van der Waals surface area contributed by atoms with Gasteiger partial charge in [-0.05, 0) is 19.4 Å². The molecule has 1 aromatic rings. The molecular formula is C14H16N4O4. The fourth-order valence-electron chi connectivity index (χ4n) is 2.30. The smallest absolute Gasteiger partial charge is 0.326 e. The van der Waals surface area contributed by atoms with Crippen molar-refractivity contribution in [3.8, 4) is 0 Å². The van der Waals surface area contributed by atoms with Crippen LogP contribution in [0, 0.1) is 5.41 Å². The molecular weight excluding hydrogens is 288 g/mol. The van der Waals surface area contributed by atoms with Crippen LogP contribution in [0.25, 0.3) is 0 Å². The highest BCUT2D eigenvalue weighted by Crippen LogP contribution is 2.30. The summed E-state index contributed by atoms with van der Waals surface area (Å²) < 4.78 is 0. The van der Waals surface area contributed by atoms with Crippen molar-refractivity contribution in [2.24, 2.45) is 5.73 Å². The molecule has 22 heavy (non-hydrogen) atoms. The Morgan fingerprint density at radius 2 is 1.91 bits per heavy atom. The van der Waals surface area contributed by atoms with E-state index in [-0.39, 0.29) is 5.84 Å². The molecule has 1 aliphatic rings. The minimum atomic E-state index is -1.35. The summed E-state index contributed by atoms with van der Waals surface area (Å²) in [6.07, 6.45) is 0. The van der Waals surface area contributed by atoms with Crippen molar-refractivity contribution >= 4 is 23.7 Å². The fourth-order valence-corrected chi connectivity index (χ4v) is 2.30. The number of nitrogens with two attached hydrogens (primary N) is 1. The Bertz CT molecular complexity index is 670. The maximum atomic E-state index is 12.5. The third-order valence-corrected chi connectivity index (χ3v) is 3.74. The van der Waals surface area contributed by atoms with E-state index in [0.717, 1.165) is 0 Å². The van der Waals surface area contributed by atoms with Crippen LogP contribution in [0.1, 0.15) is 25.0 Å². The predicted molar refractivity (Wildman–Crippen MR) is 77.3 cm³/mol. The van der Waals surface area contributed by atoms with Gasteiger partial charge in [0.15, 0.2) is 0 Å². The van der Waals surface area contributed by atoms with E-state index in [1.165, 1.54) is 13.8 Å². The summed E-state index contributed by atoms with van der Waals surface area (Å²) in [6.45, 7) is 2.77. The van der Waals surface area contributed by atoms with Gasteiger partial charge in [0.25, 0.3) is 5.91 Å². The third kappa shape index (κ3) is 2.28. The summed E-state index contributed by atoms with van der Waals surface area (Å²) in [5, 5.41) is 18.9. The predicted octanol–water partition coefficient (Wildman–Crippen LogP) is 0.211. The summed E-state index contributed by atoms with van der Waals surface area (Å²) in [7, 11) is 0. The monoisotopic (exact) mass is 304 g/mol. The fraction of sp³-hybridized carbons (Fsp3) is 0.286. The van der Waals surface area contributed by atoms with Gasteiger partial charge in [-0.1, -0.05) is 24.3 Å². The summed E-state index contributed by atoms with van der Waals surface area (Å²) in [6, 6.07) is 4.26. The second kappa shape index (κ2) is 5.14. The summed E-state index contributed by atoms with van der Waals surface area (Å²) in [5.74, 6) is -2.01. The molecule has 116 valence electrons. The Kier molecular flexibility index (Phi) is 3.62. The number of amides is 3. The molecule has 1 saturated heterocycles. The number of nitrogens with zero attached hydrogens (tertiary/aromatic N) is 1. The summed E-state index contributed by atoms with van der Waals surface area (Å²) in [4.78, 5) is 36.2. The number of imide groups is 1. The Morgan fingerprint density at radius 1 is 1.36 bits per heavy atom. The van der Waals surface area contributed by atoms with Crippen molar-refractivity contribution in [1.29, 1.82) is 5.41 Å². The van der Waals surface area contributed by atoms with E-state index < -0.39 is 29.5 Å². The van der Waals surface area contributed by atoms with E-state index in [1.807, 2.05) is 0 Å². The van der Waals surface area contributed by atoms with Crippen LogP contribution in [0.5, 0.6) is 0 Å². The second-order valence-electron chi connectivity index (χ2n) is 5.24. The molecule has 8 heteroatoms. The highest BCUT2D eigenvalue weighted by molar-refractivity contribution is 6.09. The number of nitrogen functional groups attached to an aromatic ring is 1. The number of carboxylic acid groups (broad SMARTS) is 1. The lowest BCUT2D eigenvalue weighted by atomic mass is 9.91. The molecule has 1 heterocycles. The van der Waals surface area contributed by atoms with Crippen molar-refractivity contribution in [3.05, 3.63) is 35.4 Å². The zero-order valence-electron chi connectivity index (χ0n) is 12.1. The molecule has 0 aliphatic carbocycles. The van der Waals surface area contributed by atoms with Gasteiger partial charge in [-0.25, -0.2) is 14.5 Å². The number of aliphatic carboxylic acids is 1. The SMILES string of the molecule is CC(C(=O)O)N1C(=O)N[C@@](C)(c2ccc(C(=N)N)cc2)C1=O. The van der Waals surface area contributed by atoms with Crippen LogP contribution in [0.2, 0.25) is 0 Å². The Hall–Kier alpha value is -2.90. The van der Waals surface area contributed by atoms with Crippen molar-refractivity contribution in [3.63, 3.8) is 0 Å². The van der Waals surface area contributed by atoms with E-state index in [4.69, 9.17) is 16.2 Å². The largest absolute Gasteiger partial charge is 0.480 e. The number of carboxylic acids is 1. The van der Waals surface area contributed by atoms with E-state index in [0.29, 0.717) is 16.0 Å². The number of amidine groups is 1. The number of carbonyl (C=O) groups is 3. The molecule has 0 aromatic heterocycles. The molecule has 3 amide bonds. The lowest BCUT2D eigenvalue weighted by Gasteiger charge is -2.23. The highest BCUT2D eigenvalue weighted by Gasteiger charge is 2.51. The van der Waals surface area contributed by atoms with Crippen LogP contribution in [0.4, 0.5) is 4.79 Å². The summed E-state index contributed by atoms with van der Waals surface area (Å²) in [5.41, 5.74) is 4.99. The van der Waals surface area contributed by atoms with Crippen LogP contribution in [0.15, 0.2) is 24.3 Å². The molecule has 2 rings (SSSR count). The first-order valence-electron chi connectivity index (χ1n) is 6.52. The standard InChI is InChI=1S/C14H16N4O4/c1-7(11(19)20)18-12(21)14(2,17-13(18)22)9-5-3-8(4-6-9)10(15)16/h3-7H,1-2H3,(H3,15,16)(H,17,22)(H,19,20)/t7?,14-/m0/s1. The van der Waals surface area contributed by atoms with Crippen molar-refractivity contribution < 1.29 is 19.5 Å². The van der Waals surface area contributed by atoms with Gasteiger partial charge < -0.3 is 16.2 Å². The van der Waals surface area contributed by atoms with E-state index in [2.05, 4.69) is 5.32 Å². The van der Waals surface area contributed by atoms with Crippen LogP contribution in [-0.4, -0.2) is 39.8 Å². The van der Waals surface area contributed by atoms with Crippen molar-refractivity contribution in [1.82, 2.24) is 10.2 Å². The van der Waals surface area contributed by atoms with E-state index >= 15 is 0 Å². The average Bonchev–Trinajstić information content (AvgIpc) is 2.69. The normalized spacial score (nSPS) is 22.4. The lowest BCUT2D eigenvalue weighted by Crippen LogP contribution is -2.45. The topological polar surface area (TPSA) is 137 Å². The van der Waals surface area contributed by atoms with Gasteiger partial charge in [0.2, 0.25) is 0 Å². The van der Waals surface area contributed by atoms with Crippen LogP contribution in [0.3, 0.4) is 0 Å². The molecule has 1 aliphatic heterocycles. The van der Waals surface area contributed by atoms with Crippen LogP contribution in [-0.2, 0) is 15.1 Å². The van der Waals surface area contributed by atoms with Gasteiger partial charge in [-0.3, -0.25) is 10.2 Å². The number of urea groups is 1. The van der Waals surface area contributed by atoms with E-state index in [1.54, 1.807) is 24.3 Å². The number of nitrogens with one attached hydrogen (secondary N) is 2. The Morgan fingerprint density at radius 3 is 2.36 bits per heavy atom. The first kappa shape index (κ1) is 15.5. The number of hydrogen-bond acceptors (Lipinski definition) is 4.